The summed E-state index contributed by atoms with van der Waals surface area (Å²) in [7, 11) is 0. The molecule has 0 spiro atoms. The molecule has 3 rings (SSSR count). The van der Waals surface area contributed by atoms with E-state index in [1.165, 1.54) is 12.8 Å². The number of rotatable bonds is 2. The summed E-state index contributed by atoms with van der Waals surface area (Å²) >= 11 is 0. The van der Waals surface area contributed by atoms with E-state index in [1.807, 2.05) is 0 Å². The van der Waals surface area contributed by atoms with Crippen molar-refractivity contribution in [2.45, 2.75) is 51.4 Å². The van der Waals surface area contributed by atoms with Gasteiger partial charge >= 0.3 is 11.9 Å². The van der Waals surface area contributed by atoms with Crippen LogP contribution in [0, 0.1) is 35.5 Å². The number of fused-ring (bicyclic) bond motifs is 3. The fourth-order valence-corrected chi connectivity index (χ4v) is 5.54. The number of aliphatic carboxylic acids is 2. The largest absolute Gasteiger partial charge is 0.481 e. The number of hydrogen-bond donors (Lipinski definition) is 2. The Labute approximate surface area is 119 Å². The van der Waals surface area contributed by atoms with Crippen LogP contribution in [-0.4, -0.2) is 22.2 Å². The Balaban J connectivity index is 1.98. The zero-order valence-electron chi connectivity index (χ0n) is 11.8. The van der Waals surface area contributed by atoms with Gasteiger partial charge in [-0.3, -0.25) is 9.59 Å². The lowest BCUT2D eigenvalue weighted by molar-refractivity contribution is -0.172. The van der Waals surface area contributed by atoms with Gasteiger partial charge in [0, 0.05) is 0 Å². The summed E-state index contributed by atoms with van der Waals surface area (Å²) in [5.74, 6) is -1.94. The molecule has 0 aromatic rings. The van der Waals surface area contributed by atoms with Crippen molar-refractivity contribution in [3.63, 3.8) is 0 Å². The molecule has 3 saturated carbocycles. The molecule has 0 amide bonds. The van der Waals surface area contributed by atoms with Gasteiger partial charge in [-0.15, -0.1) is 0 Å². The standard InChI is InChI=1S/C16H24O4/c17-15(18)13-11-7-3-1-5-9(11)10-6-2-4-8-12(10)14(13)16(19)20/h9-14H,1-8H2,(H,17,18)(H,19,20)/t9-,10+,11-,12-,13-,14-/m1/s1. The molecular formula is C16H24O4. The van der Waals surface area contributed by atoms with Crippen molar-refractivity contribution < 1.29 is 19.8 Å². The highest BCUT2D eigenvalue weighted by molar-refractivity contribution is 5.81. The highest BCUT2D eigenvalue weighted by atomic mass is 16.4. The number of hydrogen-bond acceptors (Lipinski definition) is 2. The molecule has 3 aliphatic carbocycles. The van der Waals surface area contributed by atoms with Crippen LogP contribution in [0.5, 0.6) is 0 Å². The van der Waals surface area contributed by atoms with E-state index in [0.29, 0.717) is 11.8 Å². The van der Waals surface area contributed by atoms with Crippen LogP contribution in [0.25, 0.3) is 0 Å². The van der Waals surface area contributed by atoms with Crippen LogP contribution in [-0.2, 0) is 9.59 Å². The van der Waals surface area contributed by atoms with Gasteiger partial charge in [-0.25, -0.2) is 0 Å². The smallest absolute Gasteiger partial charge is 0.307 e. The van der Waals surface area contributed by atoms with E-state index >= 15 is 0 Å². The molecule has 0 bridgehead atoms. The van der Waals surface area contributed by atoms with Gasteiger partial charge in [0.2, 0.25) is 0 Å². The van der Waals surface area contributed by atoms with Gasteiger partial charge in [0.15, 0.2) is 0 Å². The van der Waals surface area contributed by atoms with E-state index in [9.17, 15) is 19.8 Å². The van der Waals surface area contributed by atoms with Gasteiger partial charge in [0.05, 0.1) is 11.8 Å². The topological polar surface area (TPSA) is 74.6 Å². The first-order chi connectivity index (χ1) is 9.61. The summed E-state index contributed by atoms with van der Waals surface area (Å²) in [5, 5.41) is 19.2. The Hall–Kier alpha value is -1.06. The molecule has 3 fully saturated rings. The molecule has 0 aliphatic heterocycles. The molecule has 0 radical (unpaired) electrons. The molecule has 3 aliphatic rings. The maximum absolute atomic E-state index is 11.7. The second-order valence-corrected chi connectivity index (χ2v) is 6.95. The van der Waals surface area contributed by atoms with Gasteiger partial charge < -0.3 is 10.2 Å². The summed E-state index contributed by atoms with van der Waals surface area (Å²) in [4.78, 5) is 23.5. The first-order valence-corrected chi connectivity index (χ1v) is 8.07. The Morgan fingerprint density at radius 3 is 1.20 bits per heavy atom. The van der Waals surface area contributed by atoms with E-state index < -0.39 is 23.8 Å². The molecule has 4 heteroatoms. The second kappa shape index (κ2) is 5.38. The lowest BCUT2D eigenvalue weighted by Crippen LogP contribution is -2.53. The van der Waals surface area contributed by atoms with Crippen LogP contribution < -0.4 is 0 Å². The molecule has 112 valence electrons. The van der Waals surface area contributed by atoms with Crippen molar-refractivity contribution in [1.82, 2.24) is 0 Å². The van der Waals surface area contributed by atoms with Crippen molar-refractivity contribution in [2.24, 2.45) is 35.5 Å². The molecule has 0 heterocycles. The van der Waals surface area contributed by atoms with E-state index in [0.717, 1.165) is 38.5 Å². The molecule has 4 nitrogen and oxygen atoms in total. The van der Waals surface area contributed by atoms with Crippen LogP contribution in [0.2, 0.25) is 0 Å². The minimum Gasteiger partial charge on any atom is -0.481 e. The Kier molecular flexibility index (Phi) is 3.74. The molecule has 0 aromatic heterocycles. The summed E-state index contributed by atoms with van der Waals surface area (Å²) in [6, 6.07) is 0. The summed E-state index contributed by atoms with van der Waals surface area (Å²) < 4.78 is 0. The fraction of sp³-hybridized carbons (Fsp3) is 0.875. The number of carboxylic acid groups (broad SMARTS) is 2. The molecule has 2 N–H and O–H groups in total. The zero-order chi connectivity index (χ0) is 14.3. The normalized spacial score (nSPS) is 44.2. The predicted octanol–water partition coefficient (Wildman–Crippen LogP) is 3.01. The molecular weight excluding hydrogens is 256 g/mol. The Morgan fingerprint density at radius 2 is 0.900 bits per heavy atom. The second-order valence-electron chi connectivity index (χ2n) is 6.95. The van der Waals surface area contributed by atoms with Crippen molar-refractivity contribution in [3.8, 4) is 0 Å². The van der Waals surface area contributed by atoms with E-state index in [1.54, 1.807) is 0 Å². The summed E-state index contributed by atoms with van der Waals surface area (Å²) in [6.07, 6.45) is 8.56. The Bertz CT molecular complexity index is 367. The lowest BCUT2D eigenvalue weighted by atomic mass is 9.50. The minimum absolute atomic E-state index is 0.0988. The van der Waals surface area contributed by atoms with E-state index in [2.05, 4.69) is 0 Å². The van der Waals surface area contributed by atoms with Gasteiger partial charge in [-0.2, -0.15) is 0 Å². The molecule has 0 aromatic carbocycles. The van der Waals surface area contributed by atoms with Gasteiger partial charge in [-0.1, -0.05) is 25.7 Å². The molecule has 20 heavy (non-hydrogen) atoms. The van der Waals surface area contributed by atoms with Crippen molar-refractivity contribution in [1.29, 1.82) is 0 Å². The average Bonchev–Trinajstić information content (AvgIpc) is 2.45. The van der Waals surface area contributed by atoms with Crippen LogP contribution in [0.3, 0.4) is 0 Å². The first-order valence-electron chi connectivity index (χ1n) is 8.07. The van der Waals surface area contributed by atoms with Crippen LogP contribution >= 0.6 is 0 Å². The van der Waals surface area contributed by atoms with E-state index in [4.69, 9.17) is 0 Å². The van der Waals surface area contributed by atoms with Crippen LogP contribution in [0.1, 0.15) is 51.4 Å². The monoisotopic (exact) mass is 280 g/mol. The average molecular weight is 280 g/mol. The maximum atomic E-state index is 11.7. The first kappa shape index (κ1) is 13.9. The minimum atomic E-state index is -0.877. The van der Waals surface area contributed by atoms with Crippen molar-refractivity contribution in [3.05, 3.63) is 0 Å². The van der Waals surface area contributed by atoms with E-state index in [-0.39, 0.29) is 11.8 Å². The highest BCUT2D eigenvalue weighted by Gasteiger charge is 2.55. The quantitative estimate of drug-likeness (QED) is 0.815. The summed E-state index contributed by atoms with van der Waals surface area (Å²) in [6.45, 7) is 0. The zero-order valence-corrected chi connectivity index (χ0v) is 11.8. The highest BCUT2D eigenvalue weighted by Crippen LogP contribution is 2.56. The summed E-state index contributed by atoms with van der Waals surface area (Å²) in [5.41, 5.74) is 0. The van der Waals surface area contributed by atoms with Gasteiger partial charge in [0.1, 0.15) is 0 Å². The lowest BCUT2D eigenvalue weighted by Gasteiger charge is -2.53. The third-order valence-corrected chi connectivity index (χ3v) is 6.18. The maximum Gasteiger partial charge on any atom is 0.307 e. The van der Waals surface area contributed by atoms with Crippen molar-refractivity contribution >= 4 is 11.9 Å². The fourth-order valence-electron chi connectivity index (χ4n) is 5.54. The predicted molar refractivity (Wildman–Crippen MR) is 73.1 cm³/mol. The number of carboxylic acids is 2. The van der Waals surface area contributed by atoms with Crippen LogP contribution in [0.15, 0.2) is 0 Å². The third kappa shape index (κ3) is 2.13. The van der Waals surface area contributed by atoms with Gasteiger partial charge in [-0.05, 0) is 49.4 Å². The molecule has 6 atom stereocenters. The molecule has 0 saturated heterocycles. The van der Waals surface area contributed by atoms with Crippen LogP contribution in [0.4, 0.5) is 0 Å². The van der Waals surface area contributed by atoms with Gasteiger partial charge in [0.25, 0.3) is 0 Å². The number of carbonyl (C=O) groups is 2. The Morgan fingerprint density at radius 1 is 0.600 bits per heavy atom. The SMILES string of the molecule is O=C(O)[C@@H]1[C@@H]2CCCC[C@@H]2[C@@H]2CCCC[C@H]2[C@H]1C(=O)O. The molecule has 0 unspecified atom stereocenters. The van der Waals surface area contributed by atoms with Crippen molar-refractivity contribution in [2.75, 3.05) is 0 Å². The third-order valence-electron chi connectivity index (χ3n) is 6.18.